The van der Waals surface area contributed by atoms with Crippen LogP contribution in [0.15, 0.2) is 24.4 Å². The van der Waals surface area contributed by atoms with Crippen molar-refractivity contribution >= 4 is 5.91 Å². The number of pyridine rings is 1. The molecule has 0 aliphatic carbocycles. The maximum Gasteiger partial charge on any atom is 0.224 e. The number of nitrogens with zero attached hydrogens (tertiary/aromatic N) is 1. The Morgan fingerprint density at radius 3 is 2.80 bits per heavy atom. The zero-order valence-electron chi connectivity index (χ0n) is 9.10. The Morgan fingerprint density at radius 2 is 2.27 bits per heavy atom. The highest BCUT2D eigenvalue weighted by Gasteiger charge is 2.16. The average molecular weight is 207 g/mol. The summed E-state index contributed by atoms with van der Waals surface area (Å²) in [5.74, 6) is -0.204. The number of amides is 1. The van der Waals surface area contributed by atoms with Gasteiger partial charge < -0.3 is 11.1 Å². The molecule has 0 saturated carbocycles. The molecule has 1 rings (SSSR count). The first kappa shape index (κ1) is 11.7. The number of aromatic nitrogens is 1. The summed E-state index contributed by atoms with van der Waals surface area (Å²) in [6, 6.07) is 5.48. The second kappa shape index (κ2) is 5.46. The molecule has 3 N–H and O–H groups in total. The fourth-order valence-corrected chi connectivity index (χ4v) is 1.08. The fraction of sp³-hybridized carbons (Fsp3) is 0.455. The van der Waals surface area contributed by atoms with Crippen molar-refractivity contribution in [2.24, 2.45) is 11.7 Å². The molecule has 4 nitrogen and oxygen atoms in total. The van der Waals surface area contributed by atoms with Gasteiger partial charge in [0.2, 0.25) is 5.91 Å². The Morgan fingerprint density at radius 1 is 1.53 bits per heavy atom. The average Bonchev–Trinajstić information content (AvgIpc) is 2.26. The molecule has 1 aromatic rings. The number of nitrogens with one attached hydrogen (secondary N) is 1. The highest BCUT2D eigenvalue weighted by Crippen LogP contribution is 2.00. The first-order valence-corrected chi connectivity index (χ1v) is 5.04. The Labute approximate surface area is 89.9 Å². The van der Waals surface area contributed by atoms with Crippen molar-refractivity contribution in [2.45, 2.75) is 26.4 Å². The predicted octanol–water partition coefficient (Wildman–Crippen LogP) is 0.681. The SMILES string of the molecule is CC(N)C(C)C(=O)NCc1ccccn1. The van der Waals surface area contributed by atoms with Crippen molar-refractivity contribution in [2.75, 3.05) is 0 Å². The standard InChI is InChI=1S/C11H17N3O/c1-8(9(2)12)11(15)14-7-10-5-3-4-6-13-10/h3-6,8-9H,7,12H2,1-2H3,(H,14,15). The topological polar surface area (TPSA) is 68.0 Å². The molecule has 4 heteroatoms. The van der Waals surface area contributed by atoms with Crippen LogP contribution in [0.5, 0.6) is 0 Å². The molecule has 0 spiro atoms. The summed E-state index contributed by atoms with van der Waals surface area (Å²) in [7, 11) is 0. The summed E-state index contributed by atoms with van der Waals surface area (Å²) in [6.07, 6.45) is 1.70. The number of hydrogen-bond acceptors (Lipinski definition) is 3. The Balaban J connectivity index is 2.41. The second-order valence-corrected chi connectivity index (χ2v) is 3.69. The quantitative estimate of drug-likeness (QED) is 0.763. The smallest absolute Gasteiger partial charge is 0.224 e. The minimum absolute atomic E-state index is 0.0318. The normalized spacial score (nSPS) is 14.3. The number of carbonyl (C=O) groups excluding carboxylic acids is 1. The van der Waals surface area contributed by atoms with Gasteiger partial charge in [-0.05, 0) is 19.1 Å². The summed E-state index contributed by atoms with van der Waals surface area (Å²) in [6.45, 7) is 4.10. The molecule has 2 unspecified atom stereocenters. The van der Waals surface area contributed by atoms with E-state index in [0.29, 0.717) is 6.54 Å². The van der Waals surface area contributed by atoms with Gasteiger partial charge in [-0.1, -0.05) is 13.0 Å². The molecule has 1 aromatic heterocycles. The van der Waals surface area contributed by atoms with Gasteiger partial charge in [-0.25, -0.2) is 0 Å². The van der Waals surface area contributed by atoms with Crippen LogP contribution >= 0.6 is 0 Å². The van der Waals surface area contributed by atoms with Gasteiger partial charge in [0.05, 0.1) is 12.2 Å². The van der Waals surface area contributed by atoms with E-state index in [2.05, 4.69) is 10.3 Å². The molecule has 0 saturated heterocycles. The third kappa shape index (κ3) is 3.67. The molecule has 0 radical (unpaired) electrons. The van der Waals surface area contributed by atoms with Crippen LogP contribution in [0.25, 0.3) is 0 Å². The second-order valence-electron chi connectivity index (χ2n) is 3.69. The summed E-state index contributed by atoms with van der Waals surface area (Å²) >= 11 is 0. The molecule has 0 aliphatic heterocycles. The van der Waals surface area contributed by atoms with Gasteiger partial charge in [-0.3, -0.25) is 9.78 Å². The van der Waals surface area contributed by atoms with Crippen LogP contribution in [0.1, 0.15) is 19.5 Å². The maximum atomic E-state index is 11.5. The number of rotatable bonds is 4. The molecule has 1 heterocycles. The highest BCUT2D eigenvalue weighted by atomic mass is 16.1. The molecular weight excluding hydrogens is 190 g/mol. The van der Waals surface area contributed by atoms with E-state index in [1.165, 1.54) is 0 Å². The van der Waals surface area contributed by atoms with E-state index < -0.39 is 0 Å². The molecule has 15 heavy (non-hydrogen) atoms. The zero-order valence-corrected chi connectivity index (χ0v) is 9.10. The van der Waals surface area contributed by atoms with E-state index in [-0.39, 0.29) is 17.9 Å². The molecule has 82 valence electrons. The van der Waals surface area contributed by atoms with Crippen molar-refractivity contribution in [1.29, 1.82) is 0 Å². The van der Waals surface area contributed by atoms with Crippen molar-refractivity contribution in [1.82, 2.24) is 10.3 Å². The summed E-state index contributed by atoms with van der Waals surface area (Å²) in [5, 5.41) is 2.80. The van der Waals surface area contributed by atoms with E-state index in [1.807, 2.05) is 32.0 Å². The Bertz CT molecular complexity index is 311. The van der Waals surface area contributed by atoms with Gasteiger partial charge >= 0.3 is 0 Å². The van der Waals surface area contributed by atoms with E-state index in [4.69, 9.17) is 5.73 Å². The Hall–Kier alpha value is -1.42. The third-order valence-electron chi connectivity index (χ3n) is 2.37. The maximum absolute atomic E-state index is 11.5. The monoisotopic (exact) mass is 207 g/mol. The predicted molar refractivity (Wildman–Crippen MR) is 58.9 cm³/mol. The van der Waals surface area contributed by atoms with E-state index in [0.717, 1.165) is 5.69 Å². The minimum atomic E-state index is -0.172. The van der Waals surface area contributed by atoms with Crippen LogP contribution in [0.2, 0.25) is 0 Å². The van der Waals surface area contributed by atoms with Gasteiger partial charge in [0.1, 0.15) is 0 Å². The molecule has 1 amide bonds. The molecule has 0 aliphatic rings. The highest BCUT2D eigenvalue weighted by molar-refractivity contribution is 5.78. The van der Waals surface area contributed by atoms with Crippen LogP contribution in [0, 0.1) is 5.92 Å². The van der Waals surface area contributed by atoms with E-state index >= 15 is 0 Å². The summed E-state index contributed by atoms with van der Waals surface area (Å²) < 4.78 is 0. The molecule has 0 aromatic carbocycles. The number of nitrogens with two attached hydrogens (primary N) is 1. The van der Waals surface area contributed by atoms with Crippen molar-refractivity contribution in [3.8, 4) is 0 Å². The molecular formula is C11H17N3O. The minimum Gasteiger partial charge on any atom is -0.350 e. The van der Waals surface area contributed by atoms with Crippen LogP contribution in [0.3, 0.4) is 0 Å². The fourth-order valence-electron chi connectivity index (χ4n) is 1.08. The lowest BCUT2D eigenvalue weighted by molar-refractivity contribution is -0.125. The number of hydrogen-bond donors (Lipinski definition) is 2. The van der Waals surface area contributed by atoms with E-state index in [9.17, 15) is 4.79 Å². The lowest BCUT2D eigenvalue weighted by Crippen LogP contribution is -2.38. The largest absolute Gasteiger partial charge is 0.350 e. The first-order chi connectivity index (χ1) is 7.11. The lowest BCUT2D eigenvalue weighted by atomic mass is 10.0. The van der Waals surface area contributed by atoms with Crippen molar-refractivity contribution in [3.63, 3.8) is 0 Å². The molecule has 0 bridgehead atoms. The van der Waals surface area contributed by atoms with Crippen molar-refractivity contribution in [3.05, 3.63) is 30.1 Å². The van der Waals surface area contributed by atoms with Crippen LogP contribution in [0.4, 0.5) is 0 Å². The van der Waals surface area contributed by atoms with Crippen LogP contribution in [-0.4, -0.2) is 16.9 Å². The first-order valence-electron chi connectivity index (χ1n) is 5.04. The van der Waals surface area contributed by atoms with Crippen molar-refractivity contribution < 1.29 is 4.79 Å². The summed E-state index contributed by atoms with van der Waals surface area (Å²) in [4.78, 5) is 15.6. The Kier molecular flexibility index (Phi) is 4.24. The van der Waals surface area contributed by atoms with Crippen LogP contribution in [-0.2, 0) is 11.3 Å². The van der Waals surface area contributed by atoms with E-state index in [1.54, 1.807) is 6.20 Å². The van der Waals surface area contributed by atoms with Gasteiger partial charge in [0.15, 0.2) is 0 Å². The van der Waals surface area contributed by atoms with Gasteiger partial charge in [-0.2, -0.15) is 0 Å². The van der Waals surface area contributed by atoms with Gasteiger partial charge in [-0.15, -0.1) is 0 Å². The molecule has 0 fully saturated rings. The lowest BCUT2D eigenvalue weighted by Gasteiger charge is -2.14. The number of carbonyl (C=O) groups is 1. The van der Waals surface area contributed by atoms with Gasteiger partial charge in [0, 0.05) is 18.2 Å². The van der Waals surface area contributed by atoms with Crippen LogP contribution < -0.4 is 11.1 Å². The van der Waals surface area contributed by atoms with Gasteiger partial charge in [0.25, 0.3) is 0 Å². The third-order valence-corrected chi connectivity index (χ3v) is 2.37. The zero-order chi connectivity index (χ0) is 11.3. The molecule has 2 atom stereocenters. The summed E-state index contributed by atoms with van der Waals surface area (Å²) in [5.41, 5.74) is 6.48.